The van der Waals surface area contributed by atoms with Crippen molar-refractivity contribution in [3.63, 3.8) is 0 Å². The summed E-state index contributed by atoms with van der Waals surface area (Å²) in [7, 11) is 0. The number of rotatable bonds is 5. The van der Waals surface area contributed by atoms with Crippen molar-refractivity contribution >= 4 is 5.97 Å². The van der Waals surface area contributed by atoms with E-state index in [1.807, 2.05) is 33.8 Å². The van der Waals surface area contributed by atoms with Crippen LogP contribution in [-0.4, -0.2) is 75.5 Å². The number of esters is 1. The highest BCUT2D eigenvalue weighted by molar-refractivity contribution is 5.72. The summed E-state index contributed by atoms with van der Waals surface area (Å²) in [6, 6.07) is 12.5. The third kappa shape index (κ3) is 10.3. The monoisotopic (exact) mass is 495 g/mol. The van der Waals surface area contributed by atoms with E-state index in [0.717, 1.165) is 75.1 Å². The van der Waals surface area contributed by atoms with Gasteiger partial charge in [-0.3, -0.25) is 29.5 Å². The van der Waals surface area contributed by atoms with Gasteiger partial charge >= 0.3 is 5.97 Å². The fraction of sp³-hybridized carbons (Fsp3) is 0.621. The van der Waals surface area contributed by atoms with E-state index in [9.17, 15) is 4.79 Å². The first-order chi connectivity index (χ1) is 16.8. The SMILES string of the molecule is Cc1cccc(CN2CCN(CC(=O)OC(C)(C)C)CCN(CC(C)(C)C)Cc3cccc(n3)C2)n1. The molecule has 0 atom stereocenters. The number of carbonyl (C=O) groups excluding carboxylic acids is 1. The van der Waals surface area contributed by atoms with Crippen LogP contribution in [0.1, 0.15) is 64.3 Å². The van der Waals surface area contributed by atoms with Crippen LogP contribution < -0.4 is 0 Å². The van der Waals surface area contributed by atoms with Crippen LogP contribution in [0, 0.1) is 12.3 Å². The van der Waals surface area contributed by atoms with Gasteiger partial charge in [0.05, 0.1) is 23.6 Å². The van der Waals surface area contributed by atoms with E-state index in [2.05, 4.69) is 65.8 Å². The van der Waals surface area contributed by atoms with Gasteiger partial charge in [-0.2, -0.15) is 0 Å². The van der Waals surface area contributed by atoms with Crippen LogP contribution in [0.25, 0.3) is 0 Å². The van der Waals surface area contributed by atoms with Gasteiger partial charge in [-0.1, -0.05) is 32.9 Å². The molecular weight excluding hydrogens is 450 g/mol. The van der Waals surface area contributed by atoms with Crippen LogP contribution in [0.4, 0.5) is 0 Å². The summed E-state index contributed by atoms with van der Waals surface area (Å²) >= 11 is 0. The fourth-order valence-electron chi connectivity index (χ4n) is 4.57. The number of hydrogen-bond donors (Lipinski definition) is 0. The molecule has 2 bridgehead atoms. The Kier molecular flexibility index (Phi) is 9.61. The number of nitrogens with zero attached hydrogens (tertiary/aromatic N) is 5. The molecule has 1 aliphatic heterocycles. The lowest BCUT2D eigenvalue weighted by molar-refractivity contribution is -0.156. The Hall–Kier alpha value is -2.35. The second-order valence-corrected chi connectivity index (χ2v) is 12.2. The van der Waals surface area contributed by atoms with Gasteiger partial charge in [0.1, 0.15) is 5.60 Å². The summed E-state index contributed by atoms with van der Waals surface area (Å²) in [5, 5.41) is 0. The zero-order valence-electron chi connectivity index (χ0n) is 23.4. The first-order valence-electron chi connectivity index (χ1n) is 13.1. The molecule has 3 heterocycles. The number of aromatic nitrogens is 2. The number of fused-ring (bicyclic) bond motifs is 2. The second kappa shape index (κ2) is 12.3. The van der Waals surface area contributed by atoms with Crippen LogP contribution in [0.5, 0.6) is 0 Å². The molecule has 0 aliphatic carbocycles. The largest absolute Gasteiger partial charge is 0.459 e. The van der Waals surface area contributed by atoms with Gasteiger partial charge in [-0.05, 0) is 57.4 Å². The number of aryl methyl sites for hydroxylation is 1. The maximum Gasteiger partial charge on any atom is 0.320 e. The predicted molar refractivity (Wildman–Crippen MR) is 144 cm³/mol. The molecule has 0 N–H and O–H groups in total. The smallest absolute Gasteiger partial charge is 0.320 e. The van der Waals surface area contributed by atoms with Crippen molar-refractivity contribution in [3.05, 3.63) is 59.2 Å². The van der Waals surface area contributed by atoms with Gasteiger partial charge in [-0.25, -0.2) is 0 Å². The molecule has 198 valence electrons. The average molecular weight is 496 g/mol. The van der Waals surface area contributed by atoms with Gasteiger partial charge in [-0.15, -0.1) is 0 Å². The Morgan fingerprint density at radius 1 is 0.833 bits per heavy atom. The van der Waals surface area contributed by atoms with Crippen molar-refractivity contribution in [3.8, 4) is 0 Å². The molecule has 0 aromatic carbocycles. The van der Waals surface area contributed by atoms with E-state index in [1.165, 1.54) is 0 Å². The minimum atomic E-state index is -0.487. The van der Waals surface area contributed by atoms with Crippen molar-refractivity contribution in [2.45, 2.75) is 73.7 Å². The Morgan fingerprint density at radius 2 is 1.42 bits per heavy atom. The Balaban J connectivity index is 1.84. The van der Waals surface area contributed by atoms with E-state index in [-0.39, 0.29) is 11.4 Å². The van der Waals surface area contributed by atoms with Crippen LogP contribution in [0.2, 0.25) is 0 Å². The van der Waals surface area contributed by atoms with Crippen LogP contribution in [0.3, 0.4) is 0 Å². The molecule has 0 fully saturated rings. The van der Waals surface area contributed by atoms with Crippen LogP contribution >= 0.6 is 0 Å². The van der Waals surface area contributed by atoms with E-state index in [4.69, 9.17) is 14.7 Å². The molecule has 2 aromatic heterocycles. The van der Waals surface area contributed by atoms with E-state index in [1.54, 1.807) is 0 Å². The molecular formula is C29H45N5O2. The summed E-state index contributed by atoms with van der Waals surface area (Å²) in [5.41, 5.74) is 3.90. The third-order valence-electron chi connectivity index (χ3n) is 5.90. The van der Waals surface area contributed by atoms with Crippen molar-refractivity contribution in [1.29, 1.82) is 0 Å². The highest BCUT2D eigenvalue weighted by atomic mass is 16.6. The van der Waals surface area contributed by atoms with Crippen LogP contribution in [-0.2, 0) is 29.2 Å². The Labute approximate surface area is 217 Å². The molecule has 1 aliphatic rings. The molecule has 7 heteroatoms. The number of hydrogen-bond acceptors (Lipinski definition) is 7. The van der Waals surface area contributed by atoms with Crippen molar-refractivity contribution in [2.75, 3.05) is 39.3 Å². The number of pyridine rings is 2. The normalized spacial score (nSPS) is 17.3. The number of carbonyl (C=O) groups is 1. The van der Waals surface area contributed by atoms with Gasteiger partial charge in [0.25, 0.3) is 0 Å². The standard InChI is InChI=1S/C29H45N5O2/c1-23-10-8-11-24(30-23)18-33-16-14-32(21-27(35)36-29(5,6)7)15-17-34(22-28(2,3)4)20-26-13-9-12-25(19-33)31-26/h8-13H,14-22H2,1-7H3. The highest BCUT2D eigenvalue weighted by Crippen LogP contribution is 2.18. The lowest BCUT2D eigenvalue weighted by atomic mass is 9.96. The zero-order valence-corrected chi connectivity index (χ0v) is 23.4. The molecule has 3 rings (SSSR count). The zero-order chi connectivity index (χ0) is 26.3. The highest BCUT2D eigenvalue weighted by Gasteiger charge is 2.23. The molecule has 0 radical (unpaired) electrons. The summed E-state index contributed by atoms with van der Waals surface area (Å²) in [4.78, 5) is 29.6. The maximum absolute atomic E-state index is 12.7. The van der Waals surface area contributed by atoms with E-state index in [0.29, 0.717) is 6.54 Å². The first-order valence-corrected chi connectivity index (χ1v) is 13.1. The summed E-state index contributed by atoms with van der Waals surface area (Å²) < 4.78 is 5.66. The van der Waals surface area contributed by atoms with Crippen molar-refractivity contribution < 1.29 is 9.53 Å². The van der Waals surface area contributed by atoms with Crippen molar-refractivity contribution in [1.82, 2.24) is 24.7 Å². The molecule has 0 saturated carbocycles. The molecule has 2 aromatic rings. The number of ether oxygens (including phenoxy) is 1. The van der Waals surface area contributed by atoms with E-state index < -0.39 is 5.60 Å². The van der Waals surface area contributed by atoms with E-state index >= 15 is 0 Å². The third-order valence-corrected chi connectivity index (χ3v) is 5.90. The molecule has 0 spiro atoms. The summed E-state index contributed by atoms with van der Waals surface area (Å²) in [5.74, 6) is -0.171. The molecule has 0 saturated heterocycles. The summed E-state index contributed by atoms with van der Waals surface area (Å²) in [6.07, 6.45) is 0. The summed E-state index contributed by atoms with van der Waals surface area (Å²) in [6.45, 7) is 21.4. The molecule has 36 heavy (non-hydrogen) atoms. The van der Waals surface area contributed by atoms with Gasteiger partial charge in [0, 0.05) is 58.1 Å². The minimum absolute atomic E-state index is 0.169. The first kappa shape index (κ1) is 28.2. The minimum Gasteiger partial charge on any atom is -0.459 e. The van der Waals surface area contributed by atoms with Gasteiger partial charge < -0.3 is 4.74 Å². The maximum atomic E-state index is 12.7. The topological polar surface area (TPSA) is 61.8 Å². The predicted octanol–water partition coefficient (Wildman–Crippen LogP) is 4.29. The van der Waals surface area contributed by atoms with Gasteiger partial charge in [0.2, 0.25) is 0 Å². The lowest BCUT2D eigenvalue weighted by Crippen LogP contribution is -2.44. The second-order valence-electron chi connectivity index (χ2n) is 12.2. The lowest BCUT2D eigenvalue weighted by Gasteiger charge is -2.34. The Morgan fingerprint density at radius 3 is 2.03 bits per heavy atom. The van der Waals surface area contributed by atoms with Gasteiger partial charge in [0.15, 0.2) is 0 Å². The molecule has 7 nitrogen and oxygen atoms in total. The fourth-order valence-corrected chi connectivity index (χ4v) is 4.57. The molecule has 0 unspecified atom stereocenters. The molecule has 0 amide bonds. The Bertz CT molecular complexity index is 996. The van der Waals surface area contributed by atoms with Crippen molar-refractivity contribution in [2.24, 2.45) is 5.41 Å². The average Bonchev–Trinajstić information content (AvgIpc) is 2.72. The quantitative estimate of drug-likeness (QED) is 0.574. The van der Waals surface area contributed by atoms with Crippen LogP contribution in [0.15, 0.2) is 36.4 Å².